The van der Waals surface area contributed by atoms with Crippen LogP contribution in [-0.4, -0.2) is 33.6 Å². The Hall–Kier alpha value is -2.13. The number of alkyl halides is 6. The summed E-state index contributed by atoms with van der Waals surface area (Å²) in [6.07, 6.45) is -11.6. The lowest BCUT2D eigenvalue weighted by molar-refractivity contribution is -0.280. The number of carbonyl (C=O) groups is 1. The molecule has 0 saturated carbocycles. The lowest BCUT2D eigenvalue weighted by atomic mass is 10.1. The molecule has 0 aromatic heterocycles. The first-order chi connectivity index (χ1) is 8.87. The minimum Gasteiger partial charge on any atom is -0.504 e. The fraction of sp³-hybridized carbons (Fsp3) is 0.300. The number of hydrogen-bond acceptors (Lipinski definition) is 3. The maximum atomic E-state index is 11.4. The van der Waals surface area contributed by atoms with Crippen LogP contribution in [0.15, 0.2) is 24.3 Å². The SMILES string of the molecule is O=C(O)C(C(F)(F)F)C(F)(F)F.Oc1ccccc1O. The molecule has 0 heterocycles. The van der Waals surface area contributed by atoms with Gasteiger partial charge in [0.1, 0.15) is 0 Å². The molecule has 0 saturated heterocycles. The zero-order chi connectivity index (χ0) is 16.1. The molecule has 0 bridgehead atoms. The molecule has 0 radical (unpaired) electrons. The van der Waals surface area contributed by atoms with Gasteiger partial charge in [-0.25, -0.2) is 0 Å². The van der Waals surface area contributed by atoms with Gasteiger partial charge in [0.15, 0.2) is 11.5 Å². The van der Waals surface area contributed by atoms with Crippen molar-refractivity contribution < 1.29 is 46.5 Å². The molecular formula is C10H8F6O4. The van der Waals surface area contributed by atoms with Crippen LogP contribution in [-0.2, 0) is 4.79 Å². The third kappa shape index (κ3) is 5.67. The van der Waals surface area contributed by atoms with Crippen LogP contribution in [0.5, 0.6) is 11.5 Å². The van der Waals surface area contributed by atoms with Gasteiger partial charge in [-0.2, -0.15) is 26.3 Å². The lowest BCUT2D eigenvalue weighted by Crippen LogP contribution is -2.42. The van der Waals surface area contributed by atoms with Crippen molar-refractivity contribution in [2.75, 3.05) is 0 Å². The van der Waals surface area contributed by atoms with Crippen LogP contribution in [0.4, 0.5) is 26.3 Å². The summed E-state index contributed by atoms with van der Waals surface area (Å²) in [5.74, 6) is -7.40. The summed E-state index contributed by atoms with van der Waals surface area (Å²) in [7, 11) is 0. The molecule has 0 aliphatic rings. The number of para-hydroxylation sites is 2. The van der Waals surface area contributed by atoms with Crippen LogP contribution in [0, 0.1) is 5.92 Å². The molecular weight excluding hydrogens is 298 g/mol. The van der Waals surface area contributed by atoms with Crippen molar-refractivity contribution in [2.45, 2.75) is 12.4 Å². The van der Waals surface area contributed by atoms with Gasteiger partial charge in [-0.1, -0.05) is 12.1 Å². The van der Waals surface area contributed by atoms with E-state index in [1.807, 2.05) is 0 Å². The highest BCUT2D eigenvalue weighted by molar-refractivity contribution is 5.71. The fourth-order valence-electron chi connectivity index (χ4n) is 0.930. The van der Waals surface area contributed by atoms with Crippen molar-refractivity contribution in [3.8, 4) is 11.5 Å². The number of carboxylic acids is 1. The van der Waals surface area contributed by atoms with Crippen LogP contribution in [0.2, 0.25) is 0 Å². The summed E-state index contributed by atoms with van der Waals surface area (Å²) in [5, 5.41) is 24.9. The van der Waals surface area contributed by atoms with E-state index in [9.17, 15) is 31.1 Å². The topological polar surface area (TPSA) is 77.8 Å². The molecule has 1 aromatic carbocycles. The zero-order valence-electron chi connectivity index (χ0n) is 9.40. The number of phenolic OH excluding ortho intramolecular Hbond substituents is 2. The summed E-state index contributed by atoms with van der Waals surface area (Å²) in [6, 6.07) is 6.15. The van der Waals surface area contributed by atoms with Crippen molar-refractivity contribution in [3.63, 3.8) is 0 Å². The van der Waals surface area contributed by atoms with Gasteiger partial charge in [0.05, 0.1) is 0 Å². The Morgan fingerprint density at radius 2 is 1.20 bits per heavy atom. The number of rotatable bonds is 1. The minimum absolute atomic E-state index is 0.0764. The number of aromatic hydroxyl groups is 2. The van der Waals surface area contributed by atoms with Gasteiger partial charge >= 0.3 is 18.3 Å². The molecule has 3 N–H and O–H groups in total. The molecule has 0 aliphatic carbocycles. The highest BCUT2D eigenvalue weighted by atomic mass is 19.4. The number of carboxylic acid groups (broad SMARTS) is 1. The first kappa shape index (κ1) is 17.9. The average Bonchev–Trinajstić information content (AvgIpc) is 2.17. The van der Waals surface area contributed by atoms with Crippen LogP contribution in [0.3, 0.4) is 0 Å². The molecule has 1 rings (SSSR count). The largest absolute Gasteiger partial charge is 0.504 e. The number of halogens is 6. The predicted octanol–water partition coefficient (Wildman–Crippen LogP) is 2.91. The Bertz CT molecular complexity index is 419. The van der Waals surface area contributed by atoms with E-state index in [1.165, 1.54) is 12.1 Å². The molecule has 1 aromatic rings. The second kappa shape index (κ2) is 6.35. The van der Waals surface area contributed by atoms with Crippen LogP contribution >= 0.6 is 0 Å². The second-order valence-corrected chi connectivity index (χ2v) is 3.34. The monoisotopic (exact) mass is 306 g/mol. The molecule has 0 aliphatic heterocycles. The summed E-state index contributed by atoms with van der Waals surface area (Å²) in [6.45, 7) is 0. The van der Waals surface area contributed by atoms with Crippen molar-refractivity contribution in [1.29, 1.82) is 0 Å². The Labute approximate surface area is 107 Å². The summed E-state index contributed by atoms with van der Waals surface area (Å²) in [4.78, 5) is 9.55. The van der Waals surface area contributed by atoms with E-state index in [4.69, 9.17) is 15.3 Å². The van der Waals surface area contributed by atoms with E-state index >= 15 is 0 Å². The van der Waals surface area contributed by atoms with Gasteiger partial charge in [-0.05, 0) is 12.1 Å². The zero-order valence-corrected chi connectivity index (χ0v) is 9.40. The molecule has 20 heavy (non-hydrogen) atoms. The molecule has 0 spiro atoms. The first-order valence-corrected chi connectivity index (χ1v) is 4.70. The molecule has 0 unspecified atom stereocenters. The number of aliphatic carboxylic acids is 1. The Kier molecular flexibility index (Phi) is 5.67. The smallest absolute Gasteiger partial charge is 0.411 e. The maximum Gasteiger partial charge on any atom is 0.411 e. The molecule has 0 fully saturated rings. The van der Waals surface area contributed by atoms with Gasteiger partial charge in [-0.15, -0.1) is 0 Å². The van der Waals surface area contributed by atoms with Crippen LogP contribution in [0.1, 0.15) is 0 Å². The molecule has 114 valence electrons. The van der Waals surface area contributed by atoms with Gasteiger partial charge in [0.2, 0.25) is 5.92 Å². The van der Waals surface area contributed by atoms with E-state index in [2.05, 4.69) is 0 Å². The minimum atomic E-state index is -5.80. The molecule has 10 heteroatoms. The fourth-order valence-corrected chi connectivity index (χ4v) is 0.930. The van der Waals surface area contributed by atoms with Crippen molar-refractivity contribution >= 4 is 5.97 Å². The third-order valence-corrected chi connectivity index (χ3v) is 1.78. The maximum absolute atomic E-state index is 11.4. The standard InChI is InChI=1S/C6H6O2.C4H2F6O2/c7-5-3-1-2-4-6(5)8;5-3(6,7)1(2(11)12)4(8,9)10/h1-4,7-8H;1H,(H,11,12). The summed E-state index contributed by atoms with van der Waals surface area (Å²) < 4.78 is 68.2. The van der Waals surface area contributed by atoms with Gasteiger partial charge in [0.25, 0.3) is 0 Å². The number of benzene rings is 1. The average molecular weight is 306 g/mol. The third-order valence-electron chi connectivity index (χ3n) is 1.78. The van der Waals surface area contributed by atoms with Crippen LogP contribution < -0.4 is 0 Å². The highest BCUT2D eigenvalue weighted by Crippen LogP contribution is 2.39. The van der Waals surface area contributed by atoms with Crippen molar-refractivity contribution in [1.82, 2.24) is 0 Å². The lowest BCUT2D eigenvalue weighted by Gasteiger charge is -2.18. The molecule has 0 atom stereocenters. The molecule has 4 nitrogen and oxygen atoms in total. The summed E-state index contributed by atoms with van der Waals surface area (Å²) >= 11 is 0. The van der Waals surface area contributed by atoms with Gasteiger partial charge < -0.3 is 15.3 Å². The number of hydrogen-bond donors (Lipinski definition) is 3. The van der Waals surface area contributed by atoms with Gasteiger partial charge in [-0.3, -0.25) is 4.79 Å². The Morgan fingerprint density at radius 1 is 0.900 bits per heavy atom. The first-order valence-electron chi connectivity index (χ1n) is 4.70. The Morgan fingerprint density at radius 3 is 1.30 bits per heavy atom. The summed E-state index contributed by atoms with van der Waals surface area (Å²) in [5.41, 5.74) is 0. The van der Waals surface area contributed by atoms with E-state index in [-0.39, 0.29) is 11.5 Å². The predicted molar refractivity (Wildman–Crippen MR) is 53.0 cm³/mol. The second-order valence-electron chi connectivity index (χ2n) is 3.34. The Balaban J connectivity index is 0.000000388. The van der Waals surface area contributed by atoms with Gasteiger partial charge in [0, 0.05) is 0 Å². The van der Waals surface area contributed by atoms with E-state index in [0.717, 1.165) is 0 Å². The molecule has 0 amide bonds. The van der Waals surface area contributed by atoms with Crippen molar-refractivity contribution in [2.24, 2.45) is 5.92 Å². The quantitative estimate of drug-likeness (QED) is 0.551. The van der Waals surface area contributed by atoms with Crippen molar-refractivity contribution in [3.05, 3.63) is 24.3 Å². The highest BCUT2D eigenvalue weighted by Gasteiger charge is 2.61. The van der Waals surface area contributed by atoms with E-state index < -0.39 is 24.2 Å². The normalized spacial score (nSPS) is 11.8. The number of phenols is 2. The van der Waals surface area contributed by atoms with Crippen LogP contribution in [0.25, 0.3) is 0 Å². The van der Waals surface area contributed by atoms with E-state index in [0.29, 0.717) is 0 Å². The van der Waals surface area contributed by atoms with E-state index in [1.54, 1.807) is 12.1 Å².